The van der Waals surface area contributed by atoms with Gasteiger partial charge in [0.2, 0.25) is 0 Å². The van der Waals surface area contributed by atoms with Gasteiger partial charge in [-0.15, -0.1) is 11.3 Å². The summed E-state index contributed by atoms with van der Waals surface area (Å²) < 4.78 is 5.00. The van der Waals surface area contributed by atoms with Crippen LogP contribution in [-0.4, -0.2) is 25.2 Å². The van der Waals surface area contributed by atoms with Crippen molar-refractivity contribution in [3.8, 4) is 0 Å². The lowest BCUT2D eigenvalue weighted by Crippen LogP contribution is -2.17. The Morgan fingerprint density at radius 3 is 2.84 bits per heavy atom. The van der Waals surface area contributed by atoms with E-state index < -0.39 is 0 Å². The highest BCUT2D eigenvalue weighted by Gasteiger charge is 2.02. The number of benzene rings is 1. The summed E-state index contributed by atoms with van der Waals surface area (Å²) in [7, 11) is 1.72. The molecular formula is C15H20N2OS. The molecule has 0 saturated heterocycles. The van der Waals surface area contributed by atoms with Gasteiger partial charge in [-0.05, 0) is 12.0 Å². The molecule has 2 rings (SSSR count). The van der Waals surface area contributed by atoms with E-state index in [0.29, 0.717) is 0 Å². The Kier molecular flexibility index (Phi) is 6.01. The second-order valence-corrected chi connectivity index (χ2v) is 5.58. The van der Waals surface area contributed by atoms with Gasteiger partial charge in [0.1, 0.15) is 0 Å². The number of rotatable bonds is 8. The van der Waals surface area contributed by atoms with Crippen LogP contribution in [0, 0.1) is 0 Å². The summed E-state index contributed by atoms with van der Waals surface area (Å²) in [4.78, 5) is 5.77. The van der Waals surface area contributed by atoms with Gasteiger partial charge in [-0.1, -0.05) is 30.3 Å². The number of thiazole rings is 1. The van der Waals surface area contributed by atoms with Gasteiger partial charge in [0.25, 0.3) is 0 Å². The SMILES string of the molecule is COCCNCc1cnc(CCc2ccccc2)s1. The van der Waals surface area contributed by atoms with Crippen molar-refractivity contribution in [1.29, 1.82) is 0 Å². The average molecular weight is 276 g/mol. The monoisotopic (exact) mass is 276 g/mol. The lowest BCUT2D eigenvalue weighted by Gasteiger charge is -2.00. The number of methoxy groups -OCH3 is 1. The van der Waals surface area contributed by atoms with Crippen LogP contribution in [-0.2, 0) is 24.1 Å². The number of hydrogen-bond acceptors (Lipinski definition) is 4. The Morgan fingerprint density at radius 2 is 2.05 bits per heavy atom. The van der Waals surface area contributed by atoms with Gasteiger partial charge in [0.05, 0.1) is 11.6 Å². The van der Waals surface area contributed by atoms with E-state index >= 15 is 0 Å². The molecular weight excluding hydrogens is 256 g/mol. The maximum absolute atomic E-state index is 5.00. The molecule has 0 aliphatic rings. The number of ether oxygens (including phenoxy) is 1. The van der Waals surface area contributed by atoms with Gasteiger partial charge in [-0.25, -0.2) is 4.98 Å². The van der Waals surface area contributed by atoms with Crippen LogP contribution in [0.15, 0.2) is 36.5 Å². The number of nitrogens with zero attached hydrogens (tertiary/aromatic N) is 1. The molecule has 1 aromatic heterocycles. The Labute approximate surface area is 118 Å². The first-order chi connectivity index (χ1) is 9.38. The minimum atomic E-state index is 0.750. The molecule has 0 aliphatic heterocycles. The first-order valence-corrected chi connectivity index (χ1v) is 7.37. The third-order valence-corrected chi connectivity index (χ3v) is 3.91. The maximum atomic E-state index is 5.00. The van der Waals surface area contributed by atoms with E-state index in [9.17, 15) is 0 Å². The molecule has 0 saturated carbocycles. The second-order valence-electron chi connectivity index (χ2n) is 4.38. The minimum Gasteiger partial charge on any atom is -0.383 e. The van der Waals surface area contributed by atoms with E-state index in [1.165, 1.54) is 15.4 Å². The molecule has 4 heteroatoms. The molecule has 102 valence electrons. The molecule has 0 unspecified atom stereocenters. The van der Waals surface area contributed by atoms with Gasteiger partial charge in [0, 0.05) is 37.7 Å². The smallest absolute Gasteiger partial charge is 0.0931 e. The van der Waals surface area contributed by atoms with E-state index in [-0.39, 0.29) is 0 Å². The van der Waals surface area contributed by atoms with Crippen molar-refractivity contribution in [1.82, 2.24) is 10.3 Å². The van der Waals surface area contributed by atoms with Crippen molar-refractivity contribution in [3.63, 3.8) is 0 Å². The van der Waals surface area contributed by atoms with Gasteiger partial charge in [0.15, 0.2) is 0 Å². The Morgan fingerprint density at radius 1 is 1.21 bits per heavy atom. The predicted molar refractivity (Wildman–Crippen MR) is 79.5 cm³/mol. The van der Waals surface area contributed by atoms with Gasteiger partial charge in [-0.2, -0.15) is 0 Å². The Balaban J connectivity index is 1.74. The standard InChI is InChI=1S/C15H20N2OS/c1-18-10-9-16-11-14-12-17-15(19-14)8-7-13-5-3-2-4-6-13/h2-6,12,16H,7-11H2,1H3. The summed E-state index contributed by atoms with van der Waals surface area (Å²) in [5.74, 6) is 0. The number of hydrogen-bond donors (Lipinski definition) is 1. The summed E-state index contributed by atoms with van der Waals surface area (Å²) in [6.07, 6.45) is 4.06. The fourth-order valence-corrected chi connectivity index (χ4v) is 2.72. The van der Waals surface area contributed by atoms with E-state index in [2.05, 4.69) is 40.6 Å². The summed E-state index contributed by atoms with van der Waals surface area (Å²) in [5, 5.41) is 4.55. The fourth-order valence-electron chi connectivity index (χ4n) is 1.83. The molecule has 19 heavy (non-hydrogen) atoms. The molecule has 1 N–H and O–H groups in total. The predicted octanol–water partition coefficient (Wildman–Crippen LogP) is 2.66. The topological polar surface area (TPSA) is 34.1 Å². The third-order valence-electron chi connectivity index (χ3n) is 2.85. The normalized spacial score (nSPS) is 10.8. The van der Waals surface area contributed by atoms with Crippen molar-refractivity contribution in [2.45, 2.75) is 19.4 Å². The quantitative estimate of drug-likeness (QED) is 0.753. The fraction of sp³-hybridized carbons (Fsp3) is 0.400. The molecule has 1 aromatic carbocycles. The van der Waals surface area contributed by atoms with Crippen LogP contribution in [0.1, 0.15) is 15.4 Å². The van der Waals surface area contributed by atoms with Crippen LogP contribution >= 0.6 is 11.3 Å². The largest absolute Gasteiger partial charge is 0.383 e. The van der Waals surface area contributed by atoms with Gasteiger partial charge in [-0.3, -0.25) is 0 Å². The third kappa shape index (κ3) is 5.11. The Bertz CT molecular complexity index is 470. The average Bonchev–Trinajstić information content (AvgIpc) is 2.91. The highest BCUT2D eigenvalue weighted by Crippen LogP contribution is 2.15. The first-order valence-electron chi connectivity index (χ1n) is 6.55. The zero-order valence-electron chi connectivity index (χ0n) is 11.3. The maximum Gasteiger partial charge on any atom is 0.0931 e. The minimum absolute atomic E-state index is 0.750. The molecule has 0 radical (unpaired) electrons. The molecule has 0 atom stereocenters. The molecule has 0 aliphatic carbocycles. The number of aromatic nitrogens is 1. The zero-order valence-corrected chi connectivity index (χ0v) is 12.1. The summed E-state index contributed by atoms with van der Waals surface area (Å²) in [5.41, 5.74) is 1.37. The van der Waals surface area contributed by atoms with Crippen LogP contribution in [0.4, 0.5) is 0 Å². The van der Waals surface area contributed by atoms with Crippen molar-refractivity contribution < 1.29 is 4.74 Å². The van der Waals surface area contributed by atoms with E-state index in [1.807, 2.05) is 6.20 Å². The molecule has 0 bridgehead atoms. The first kappa shape index (κ1) is 14.2. The van der Waals surface area contributed by atoms with Crippen LogP contribution in [0.5, 0.6) is 0 Å². The number of nitrogens with one attached hydrogen (secondary N) is 1. The molecule has 0 fully saturated rings. The lowest BCUT2D eigenvalue weighted by atomic mass is 10.1. The van der Waals surface area contributed by atoms with Crippen molar-refractivity contribution in [3.05, 3.63) is 52.0 Å². The van der Waals surface area contributed by atoms with Crippen molar-refractivity contribution >= 4 is 11.3 Å². The van der Waals surface area contributed by atoms with Crippen LogP contribution in [0.25, 0.3) is 0 Å². The van der Waals surface area contributed by atoms with E-state index in [1.54, 1.807) is 18.4 Å². The zero-order chi connectivity index (χ0) is 13.3. The van der Waals surface area contributed by atoms with Gasteiger partial charge < -0.3 is 10.1 Å². The summed E-state index contributed by atoms with van der Waals surface area (Å²) >= 11 is 1.80. The Hall–Kier alpha value is -1.23. The number of aryl methyl sites for hydroxylation is 2. The van der Waals surface area contributed by atoms with Crippen molar-refractivity contribution in [2.24, 2.45) is 0 Å². The molecule has 2 aromatic rings. The highest BCUT2D eigenvalue weighted by atomic mass is 32.1. The molecule has 1 heterocycles. The van der Waals surface area contributed by atoms with Gasteiger partial charge >= 0.3 is 0 Å². The van der Waals surface area contributed by atoms with E-state index in [0.717, 1.165) is 32.5 Å². The van der Waals surface area contributed by atoms with Crippen molar-refractivity contribution in [2.75, 3.05) is 20.3 Å². The van der Waals surface area contributed by atoms with E-state index in [4.69, 9.17) is 4.74 Å². The lowest BCUT2D eigenvalue weighted by molar-refractivity contribution is 0.199. The molecule has 0 amide bonds. The second kappa shape index (κ2) is 8.04. The van der Waals surface area contributed by atoms with Crippen LogP contribution in [0.3, 0.4) is 0 Å². The summed E-state index contributed by atoms with van der Waals surface area (Å²) in [6.45, 7) is 2.51. The van der Waals surface area contributed by atoms with Crippen LogP contribution in [0.2, 0.25) is 0 Å². The molecule has 0 spiro atoms. The van der Waals surface area contributed by atoms with Crippen LogP contribution < -0.4 is 5.32 Å². The summed E-state index contributed by atoms with van der Waals surface area (Å²) in [6, 6.07) is 10.6. The molecule has 3 nitrogen and oxygen atoms in total. The highest BCUT2D eigenvalue weighted by molar-refractivity contribution is 7.11.